The number of nitrogens with zero attached hydrogens (tertiary/aromatic N) is 1. The highest BCUT2D eigenvalue weighted by Crippen LogP contribution is 2.39. The minimum Gasteiger partial charge on any atom is -0.463 e. The molecule has 2 amide bonds. The zero-order valence-corrected chi connectivity index (χ0v) is 35.8. The molecule has 4 aromatic carbocycles. The lowest BCUT2D eigenvalue weighted by atomic mass is 9.93. The average molecular weight is 882 g/mol. The van der Waals surface area contributed by atoms with Gasteiger partial charge in [0.15, 0.2) is 24.8 Å². The number of rotatable bonds is 18. The Morgan fingerprint density at radius 3 is 1.52 bits per heavy atom. The number of hydrogen-bond acceptors (Lipinski definition) is 15. The Kier molecular flexibility index (Phi) is 15.6. The molecule has 3 aliphatic rings. The Hall–Kier alpha value is -5.85. The summed E-state index contributed by atoms with van der Waals surface area (Å²) in [4.78, 5) is 67.7. The van der Waals surface area contributed by atoms with Crippen molar-refractivity contribution in [1.29, 1.82) is 0 Å². The molecule has 0 aliphatic carbocycles. The maximum Gasteiger partial charge on any atom is 0.303 e. The van der Waals surface area contributed by atoms with Crippen molar-refractivity contribution in [3.05, 3.63) is 143 Å². The van der Waals surface area contributed by atoms with E-state index in [0.717, 1.165) is 35.4 Å². The molecule has 3 aliphatic heterocycles. The van der Waals surface area contributed by atoms with E-state index in [1.165, 1.54) is 26.2 Å². The molecular weight excluding hydrogens is 831 g/mol. The largest absolute Gasteiger partial charge is 0.463 e. The summed E-state index contributed by atoms with van der Waals surface area (Å²) < 4.78 is 62.9. The van der Waals surface area contributed by atoms with E-state index in [-0.39, 0.29) is 37.6 Å². The summed E-state index contributed by atoms with van der Waals surface area (Å²) in [6.45, 7) is 3.26. The highest BCUT2D eigenvalue weighted by molar-refractivity contribution is 6.21. The van der Waals surface area contributed by atoms with E-state index in [1.54, 1.807) is 12.1 Å². The molecule has 0 saturated carbocycles. The second-order valence-corrected chi connectivity index (χ2v) is 15.4. The van der Waals surface area contributed by atoms with Crippen LogP contribution in [0.25, 0.3) is 0 Å². The molecular formula is C48H51NO15. The Balaban J connectivity index is 1.34. The molecule has 2 saturated heterocycles. The first-order chi connectivity index (χ1) is 31.0. The molecule has 64 heavy (non-hydrogen) atoms. The van der Waals surface area contributed by atoms with Crippen LogP contribution in [0, 0.1) is 0 Å². The highest BCUT2D eigenvalue weighted by Gasteiger charge is 2.59. The van der Waals surface area contributed by atoms with E-state index in [4.69, 9.17) is 47.4 Å². The SMILES string of the molecule is CO[C@H]1O[C@H](COCc2ccccc2)[C@H](OCc2ccccc2)[C@H](O[C@@H]2O[C@H](COC(C)=O)[C@@H](OC(C)=O)[C@H](OC(C)=O)[C@H]2N2C(=O)c3ccccc3C2=O)[C@H]1OCc1ccccc1. The van der Waals surface area contributed by atoms with Crippen molar-refractivity contribution in [2.75, 3.05) is 20.3 Å². The van der Waals surface area contributed by atoms with Crippen molar-refractivity contribution < 1.29 is 71.3 Å². The number of carbonyl (C=O) groups excluding carboxylic acids is 5. The van der Waals surface area contributed by atoms with Gasteiger partial charge in [-0.3, -0.25) is 28.9 Å². The van der Waals surface area contributed by atoms with Gasteiger partial charge in [0.25, 0.3) is 11.8 Å². The predicted octanol–water partition coefficient (Wildman–Crippen LogP) is 4.95. The molecule has 2 fully saturated rings. The molecule has 338 valence electrons. The number of amides is 2. The lowest BCUT2D eigenvalue weighted by Gasteiger charge is -2.50. The van der Waals surface area contributed by atoms with Crippen molar-refractivity contribution in [1.82, 2.24) is 4.90 Å². The van der Waals surface area contributed by atoms with Crippen molar-refractivity contribution >= 4 is 29.7 Å². The van der Waals surface area contributed by atoms with Gasteiger partial charge in [0, 0.05) is 27.9 Å². The smallest absolute Gasteiger partial charge is 0.303 e. The molecule has 0 N–H and O–H groups in total. The van der Waals surface area contributed by atoms with Crippen LogP contribution in [-0.4, -0.2) is 116 Å². The normalized spacial score (nSPS) is 26.5. The van der Waals surface area contributed by atoms with Gasteiger partial charge in [0.2, 0.25) is 0 Å². The van der Waals surface area contributed by atoms with E-state index in [0.29, 0.717) is 0 Å². The topological polar surface area (TPSA) is 181 Å². The van der Waals surface area contributed by atoms with Gasteiger partial charge in [-0.15, -0.1) is 0 Å². The maximum absolute atomic E-state index is 14.4. The first-order valence-corrected chi connectivity index (χ1v) is 20.9. The van der Waals surface area contributed by atoms with Gasteiger partial charge in [-0.05, 0) is 28.8 Å². The zero-order chi connectivity index (χ0) is 45.2. The molecule has 3 heterocycles. The van der Waals surface area contributed by atoms with E-state index in [9.17, 15) is 24.0 Å². The van der Waals surface area contributed by atoms with Gasteiger partial charge in [-0.25, -0.2) is 0 Å². The van der Waals surface area contributed by atoms with Crippen LogP contribution in [0.15, 0.2) is 115 Å². The lowest BCUT2D eigenvalue weighted by Crippen LogP contribution is -2.70. The van der Waals surface area contributed by atoms with Crippen molar-refractivity contribution in [3.63, 3.8) is 0 Å². The molecule has 0 bridgehead atoms. The van der Waals surface area contributed by atoms with Gasteiger partial charge in [0.05, 0.1) is 37.6 Å². The Morgan fingerprint density at radius 2 is 1.00 bits per heavy atom. The Morgan fingerprint density at radius 1 is 0.531 bits per heavy atom. The Bertz CT molecular complexity index is 2170. The second kappa shape index (κ2) is 21.7. The number of methoxy groups -OCH3 is 1. The van der Waals surface area contributed by atoms with Crippen molar-refractivity contribution in [3.8, 4) is 0 Å². The molecule has 0 unspecified atom stereocenters. The van der Waals surface area contributed by atoms with Gasteiger partial charge in [-0.1, -0.05) is 103 Å². The summed E-state index contributed by atoms with van der Waals surface area (Å²) >= 11 is 0. The van der Waals surface area contributed by atoms with Crippen LogP contribution < -0.4 is 0 Å². The van der Waals surface area contributed by atoms with E-state index in [1.807, 2.05) is 91.0 Å². The minimum absolute atomic E-state index is 0.0213. The van der Waals surface area contributed by atoms with Gasteiger partial charge in [0.1, 0.15) is 43.2 Å². The quantitative estimate of drug-likeness (QED) is 0.0744. The van der Waals surface area contributed by atoms with Gasteiger partial charge < -0.3 is 47.4 Å². The van der Waals surface area contributed by atoms with E-state index >= 15 is 0 Å². The predicted molar refractivity (Wildman–Crippen MR) is 224 cm³/mol. The monoisotopic (exact) mass is 881 g/mol. The Labute approximate surface area is 370 Å². The summed E-state index contributed by atoms with van der Waals surface area (Å²) in [7, 11) is 1.45. The third-order valence-corrected chi connectivity index (χ3v) is 10.9. The minimum atomic E-state index is -1.70. The molecule has 16 nitrogen and oxygen atoms in total. The van der Waals surface area contributed by atoms with Crippen LogP contribution in [0.4, 0.5) is 0 Å². The summed E-state index contributed by atoms with van der Waals surface area (Å²) in [6.07, 6.45) is -11.6. The summed E-state index contributed by atoms with van der Waals surface area (Å²) in [6, 6.07) is 32.9. The number of benzene rings is 4. The van der Waals surface area contributed by atoms with E-state index in [2.05, 4.69) is 0 Å². The van der Waals surface area contributed by atoms with Gasteiger partial charge in [-0.2, -0.15) is 0 Å². The molecule has 4 aromatic rings. The van der Waals surface area contributed by atoms with Gasteiger partial charge >= 0.3 is 17.9 Å². The number of ether oxygens (including phenoxy) is 10. The highest BCUT2D eigenvalue weighted by atomic mass is 16.8. The summed E-state index contributed by atoms with van der Waals surface area (Å²) in [5, 5.41) is 0. The fourth-order valence-corrected chi connectivity index (χ4v) is 8.04. The van der Waals surface area contributed by atoms with Crippen molar-refractivity contribution in [2.45, 2.75) is 102 Å². The zero-order valence-electron chi connectivity index (χ0n) is 35.8. The fraction of sp³-hybridized carbons (Fsp3) is 0.396. The molecule has 16 heteroatoms. The molecule has 0 aromatic heterocycles. The average Bonchev–Trinajstić information content (AvgIpc) is 3.54. The van der Waals surface area contributed by atoms with Crippen molar-refractivity contribution in [2.24, 2.45) is 0 Å². The number of hydrogen-bond donors (Lipinski definition) is 0. The van der Waals surface area contributed by atoms with E-state index < -0.39 is 97.7 Å². The number of carbonyl (C=O) groups is 5. The van der Waals surface area contributed by atoms with Crippen LogP contribution >= 0.6 is 0 Å². The first kappa shape index (κ1) is 46.2. The van der Waals surface area contributed by atoms with Crippen LogP contribution in [0.3, 0.4) is 0 Å². The van der Waals surface area contributed by atoms with Crippen LogP contribution in [0.5, 0.6) is 0 Å². The van der Waals surface area contributed by atoms with Crippen LogP contribution in [0.2, 0.25) is 0 Å². The lowest BCUT2D eigenvalue weighted by molar-refractivity contribution is -0.360. The molecule has 0 spiro atoms. The number of fused-ring (bicyclic) bond motifs is 1. The number of imide groups is 1. The second-order valence-electron chi connectivity index (χ2n) is 15.4. The number of esters is 3. The standard InChI is InChI=1S/C48H51NO15/c1-29(50)57-28-38-41(60-30(2)51)42(61-31(3)52)39(49-45(53)35-22-14-15-23-36(35)46(49)54)47(62-38)64-43-40(58-25-33-18-10-6-11-19-33)37(27-56-24-32-16-8-5-9-17-32)63-48(55-4)44(43)59-26-34-20-12-7-13-21-34/h5-23,37-44,47-48H,24-28H2,1-4H3/t37-,38-,39-,40+,41-,42-,43+,44-,47+,48+/m1/s1. The molecule has 7 rings (SSSR count). The third-order valence-electron chi connectivity index (χ3n) is 10.9. The fourth-order valence-electron chi connectivity index (χ4n) is 8.04. The van der Waals surface area contributed by atoms with Crippen LogP contribution in [0.1, 0.15) is 58.2 Å². The third kappa shape index (κ3) is 11.1. The summed E-state index contributed by atoms with van der Waals surface area (Å²) in [5.41, 5.74) is 2.70. The summed E-state index contributed by atoms with van der Waals surface area (Å²) in [5.74, 6) is -3.84. The first-order valence-electron chi connectivity index (χ1n) is 20.9. The maximum atomic E-state index is 14.4. The molecule has 0 radical (unpaired) electrons. The van der Waals surface area contributed by atoms with Crippen LogP contribution in [-0.2, 0) is 81.6 Å². The molecule has 10 atom stereocenters.